The lowest BCUT2D eigenvalue weighted by atomic mass is 10.2. The Balaban J connectivity index is 1.94. The van der Waals surface area contributed by atoms with Crippen LogP contribution in [-0.2, 0) is 0 Å². The molecule has 0 aromatic carbocycles. The second-order valence-electron chi connectivity index (χ2n) is 3.30. The number of aliphatic hydroxyl groups is 1. The number of rotatable bonds is 4. The summed E-state index contributed by atoms with van der Waals surface area (Å²) in [6.45, 7) is 4.65. The summed E-state index contributed by atoms with van der Waals surface area (Å²) in [4.78, 5) is 0. The third-order valence-electron chi connectivity index (χ3n) is 1.99. The molecule has 1 aliphatic heterocycles. The van der Waals surface area contributed by atoms with Gasteiger partial charge in [0.1, 0.15) is 0 Å². The summed E-state index contributed by atoms with van der Waals surface area (Å²) in [5, 5.41) is 15.5. The van der Waals surface area contributed by atoms with Crippen molar-refractivity contribution in [1.82, 2.24) is 10.6 Å². The molecule has 1 heterocycles. The minimum atomic E-state index is -0.226. The molecule has 0 amide bonds. The molecule has 0 aliphatic carbocycles. The van der Waals surface area contributed by atoms with Gasteiger partial charge in [-0.25, -0.2) is 0 Å². The fraction of sp³-hybridized carbons (Fsp3) is 1.00. The van der Waals surface area contributed by atoms with Crippen LogP contribution < -0.4 is 10.6 Å². The van der Waals surface area contributed by atoms with Crippen LogP contribution in [0.4, 0.5) is 0 Å². The van der Waals surface area contributed by atoms with Gasteiger partial charge in [0.25, 0.3) is 0 Å². The molecule has 2 unspecified atom stereocenters. The fourth-order valence-electron chi connectivity index (χ4n) is 1.40. The zero-order chi connectivity index (χ0) is 8.10. The van der Waals surface area contributed by atoms with Gasteiger partial charge in [-0.1, -0.05) is 0 Å². The summed E-state index contributed by atoms with van der Waals surface area (Å²) in [6.07, 6.45) is 2.34. The topological polar surface area (TPSA) is 44.3 Å². The second-order valence-corrected chi connectivity index (χ2v) is 3.30. The van der Waals surface area contributed by atoms with Crippen LogP contribution in [0.15, 0.2) is 0 Å². The smallest absolute Gasteiger partial charge is 0.0636 e. The molecule has 1 saturated heterocycles. The van der Waals surface area contributed by atoms with Crippen LogP contribution in [0.2, 0.25) is 0 Å². The van der Waals surface area contributed by atoms with Gasteiger partial charge >= 0.3 is 0 Å². The predicted octanol–water partition coefficient (Wildman–Crippen LogP) is -0.291. The Morgan fingerprint density at radius 1 is 1.73 bits per heavy atom. The second kappa shape index (κ2) is 4.70. The Hall–Kier alpha value is -0.120. The van der Waals surface area contributed by atoms with Gasteiger partial charge in [0.05, 0.1) is 6.10 Å². The van der Waals surface area contributed by atoms with E-state index in [9.17, 15) is 0 Å². The standard InChI is InChI=1S/C8H18N2O/c1-7(11)5-9-6-8-3-2-4-10-8/h7-11H,2-6H2,1H3. The normalized spacial score (nSPS) is 27.3. The SMILES string of the molecule is CC(O)CNCC1CCCN1. The molecule has 1 fully saturated rings. The van der Waals surface area contributed by atoms with Crippen LogP contribution in [0, 0.1) is 0 Å². The van der Waals surface area contributed by atoms with Gasteiger partial charge in [0.2, 0.25) is 0 Å². The van der Waals surface area contributed by atoms with Crippen LogP contribution in [0.1, 0.15) is 19.8 Å². The van der Waals surface area contributed by atoms with Gasteiger partial charge < -0.3 is 15.7 Å². The van der Waals surface area contributed by atoms with E-state index in [4.69, 9.17) is 5.11 Å². The van der Waals surface area contributed by atoms with E-state index >= 15 is 0 Å². The van der Waals surface area contributed by atoms with E-state index in [1.54, 1.807) is 6.92 Å². The van der Waals surface area contributed by atoms with Crippen molar-refractivity contribution in [3.8, 4) is 0 Å². The maximum absolute atomic E-state index is 8.94. The van der Waals surface area contributed by atoms with Crippen molar-refractivity contribution in [1.29, 1.82) is 0 Å². The Morgan fingerprint density at radius 2 is 2.55 bits per heavy atom. The largest absolute Gasteiger partial charge is 0.392 e. The van der Waals surface area contributed by atoms with Gasteiger partial charge in [-0.15, -0.1) is 0 Å². The number of aliphatic hydroxyl groups excluding tert-OH is 1. The first kappa shape index (κ1) is 8.97. The van der Waals surface area contributed by atoms with Crippen LogP contribution in [-0.4, -0.2) is 36.9 Å². The fourth-order valence-corrected chi connectivity index (χ4v) is 1.40. The highest BCUT2D eigenvalue weighted by atomic mass is 16.3. The molecular formula is C8H18N2O. The molecule has 3 N–H and O–H groups in total. The first-order valence-electron chi connectivity index (χ1n) is 4.41. The van der Waals surface area contributed by atoms with Crippen molar-refractivity contribution in [3.63, 3.8) is 0 Å². The molecule has 11 heavy (non-hydrogen) atoms. The quantitative estimate of drug-likeness (QED) is 0.527. The summed E-state index contributed by atoms with van der Waals surface area (Å²) in [5.41, 5.74) is 0. The Kier molecular flexibility index (Phi) is 3.83. The third kappa shape index (κ3) is 3.70. The van der Waals surface area contributed by atoms with Crippen molar-refractivity contribution >= 4 is 0 Å². The van der Waals surface area contributed by atoms with Crippen molar-refractivity contribution < 1.29 is 5.11 Å². The van der Waals surface area contributed by atoms with Gasteiger partial charge in [0, 0.05) is 19.1 Å². The summed E-state index contributed by atoms with van der Waals surface area (Å²) >= 11 is 0. The lowest BCUT2D eigenvalue weighted by Gasteiger charge is -2.12. The molecule has 0 aromatic rings. The average molecular weight is 158 g/mol. The van der Waals surface area contributed by atoms with Gasteiger partial charge in [-0.2, -0.15) is 0 Å². The van der Waals surface area contributed by atoms with E-state index in [1.165, 1.54) is 12.8 Å². The number of hydrogen-bond acceptors (Lipinski definition) is 3. The van der Waals surface area contributed by atoms with Crippen LogP contribution in [0.5, 0.6) is 0 Å². The van der Waals surface area contributed by atoms with E-state index in [0.717, 1.165) is 13.1 Å². The zero-order valence-electron chi connectivity index (χ0n) is 7.14. The van der Waals surface area contributed by atoms with E-state index in [2.05, 4.69) is 10.6 Å². The first-order chi connectivity index (χ1) is 5.29. The average Bonchev–Trinajstić information content (AvgIpc) is 2.39. The Labute approximate surface area is 68.2 Å². The lowest BCUT2D eigenvalue weighted by Crippen LogP contribution is -2.36. The maximum Gasteiger partial charge on any atom is 0.0636 e. The molecule has 3 heteroatoms. The summed E-state index contributed by atoms with van der Waals surface area (Å²) in [6, 6.07) is 0.633. The van der Waals surface area contributed by atoms with Crippen LogP contribution in [0.3, 0.4) is 0 Å². The molecule has 0 bridgehead atoms. The molecule has 0 radical (unpaired) electrons. The van der Waals surface area contributed by atoms with E-state index < -0.39 is 0 Å². The minimum absolute atomic E-state index is 0.226. The Morgan fingerprint density at radius 3 is 3.09 bits per heavy atom. The Bertz CT molecular complexity index is 100. The monoisotopic (exact) mass is 158 g/mol. The molecule has 3 nitrogen and oxygen atoms in total. The van der Waals surface area contributed by atoms with E-state index in [1.807, 2.05) is 0 Å². The van der Waals surface area contributed by atoms with E-state index in [0.29, 0.717) is 12.6 Å². The van der Waals surface area contributed by atoms with Crippen molar-refractivity contribution in [2.75, 3.05) is 19.6 Å². The molecular weight excluding hydrogens is 140 g/mol. The highest BCUT2D eigenvalue weighted by molar-refractivity contribution is 4.76. The van der Waals surface area contributed by atoms with Crippen LogP contribution in [0.25, 0.3) is 0 Å². The molecule has 0 aromatic heterocycles. The molecule has 66 valence electrons. The highest BCUT2D eigenvalue weighted by Gasteiger charge is 2.12. The van der Waals surface area contributed by atoms with Crippen molar-refractivity contribution in [3.05, 3.63) is 0 Å². The number of hydrogen-bond donors (Lipinski definition) is 3. The maximum atomic E-state index is 8.94. The zero-order valence-corrected chi connectivity index (χ0v) is 7.14. The van der Waals surface area contributed by atoms with E-state index in [-0.39, 0.29) is 6.10 Å². The van der Waals surface area contributed by atoms with Crippen molar-refractivity contribution in [2.45, 2.75) is 31.9 Å². The van der Waals surface area contributed by atoms with Gasteiger partial charge in [0.15, 0.2) is 0 Å². The number of nitrogens with one attached hydrogen (secondary N) is 2. The summed E-state index contributed by atoms with van der Waals surface area (Å²) < 4.78 is 0. The molecule has 1 rings (SSSR count). The van der Waals surface area contributed by atoms with Gasteiger partial charge in [-0.05, 0) is 26.3 Å². The third-order valence-corrected chi connectivity index (χ3v) is 1.99. The highest BCUT2D eigenvalue weighted by Crippen LogP contribution is 2.02. The molecule has 2 atom stereocenters. The van der Waals surface area contributed by atoms with Crippen LogP contribution >= 0.6 is 0 Å². The molecule has 0 spiro atoms. The summed E-state index contributed by atoms with van der Waals surface area (Å²) in [5.74, 6) is 0. The predicted molar refractivity (Wildman–Crippen MR) is 45.6 cm³/mol. The summed E-state index contributed by atoms with van der Waals surface area (Å²) in [7, 11) is 0. The lowest BCUT2D eigenvalue weighted by molar-refractivity contribution is 0.190. The van der Waals surface area contributed by atoms with Gasteiger partial charge in [-0.3, -0.25) is 0 Å². The molecule has 0 saturated carbocycles. The minimum Gasteiger partial charge on any atom is -0.392 e. The van der Waals surface area contributed by atoms with Crippen molar-refractivity contribution in [2.24, 2.45) is 0 Å². The first-order valence-corrected chi connectivity index (χ1v) is 4.41. The molecule has 1 aliphatic rings.